The van der Waals surface area contributed by atoms with Crippen molar-refractivity contribution in [3.8, 4) is 5.75 Å². The third-order valence-electron chi connectivity index (χ3n) is 4.59. The van der Waals surface area contributed by atoms with Crippen LogP contribution in [0.5, 0.6) is 5.75 Å². The van der Waals surface area contributed by atoms with E-state index < -0.39 is 34.2 Å². The van der Waals surface area contributed by atoms with Gasteiger partial charge in [-0.25, -0.2) is 9.29 Å². The lowest BCUT2D eigenvalue weighted by molar-refractivity contribution is -0.143. The van der Waals surface area contributed by atoms with Crippen molar-refractivity contribution in [1.29, 1.82) is 5.41 Å². The van der Waals surface area contributed by atoms with E-state index in [2.05, 4.69) is 15.5 Å². The molecule has 1 aliphatic rings. The first kappa shape index (κ1) is 24.9. The summed E-state index contributed by atoms with van der Waals surface area (Å²) in [6.07, 6.45) is 0. The molecule has 0 spiro atoms. The van der Waals surface area contributed by atoms with E-state index in [-0.39, 0.29) is 39.9 Å². The number of hydrogen-bond acceptors (Lipinski definition) is 11. The first-order chi connectivity index (χ1) is 16.0. The van der Waals surface area contributed by atoms with Gasteiger partial charge in [-0.2, -0.15) is 8.42 Å². The highest BCUT2D eigenvalue weighted by Gasteiger charge is 2.51. The van der Waals surface area contributed by atoms with Gasteiger partial charge >= 0.3 is 10.3 Å². The highest BCUT2D eigenvalue weighted by atomic mass is 32.2. The molecule has 2 atom stereocenters. The fourth-order valence-corrected chi connectivity index (χ4v) is 4.41. The SMILES string of the molecule is C[C@H]1[C@H](NC(=O)C(=NOCCOc2cccc(C(=N)N)c2)c2csc(N)n2)C(=O)N1S(=O)(=O)O. The van der Waals surface area contributed by atoms with Gasteiger partial charge < -0.3 is 26.4 Å². The number of hydrogen-bond donors (Lipinski definition) is 5. The van der Waals surface area contributed by atoms with Crippen LogP contribution in [-0.4, -0.2) is 70.9 Å². The van der Waals surface area contributed by atoms with Gasteiger partial charge in [0.25, 0.3) is 11.8 Å². The zero-order chi connectivity index (χ0) is 25.0. The van der Waals surface area contributed by atoms with Crippen molar-refractivity contribution in [2.24, 2.45) is 10.9 Å². The Hall–Kier alpha value is -3.76. The monoisotopic (exact) mass is 511 g/mol. The Labute approximate surface area is 197 Å². The van der Waals surface area contributed by atoms with E-state index in [1.54, 1.807) is 24.3 Å². The Balaban J connectivity index is 1.63. The van der Waals surface area contributed by atoms with Gasteiger partial charge in [0.15, 0.2) is 17.5 Å². The molecule has 2 amide bonds. The van der Waals surface area contributed by atoms with E-state index in [9.17, 15) is 18.0 Å². The summed E-state index contributed by atoms with van der Waals surface area (Å²) in [4.78, 5) is 33.9. The second-order valence-corrected chi connectivity index (χ2v) is 9.12. The first-order valence-electron chi connectivity index (χ1n) is 9.59. The molecule has 7 N–H and O–H groups in total. The van der Waals surface area contributed by atoms with Crippen molar-refractivity contribution < 1.29 is 32.1 Å². The molecule has 0 aliphatic carbocycles. The fraction of sp³-hybridized carbons (Fsp3) is 0.278. The summed E-state index contributed by atoms with van der Waals surface area (Å²) in [5, 5.41) is 15.2. The molecule has 34 heavy (non-hydrogen) atoms. The average molecular weight is 512 g/mol. The predicted molar refractivity (Wildman–Crippen MR) is 122 cm³/mol. The van der Waals surface area contributed by atoms with Crippen LogP contribution in [-0.2, 0) is 24.7 Å². The molecule has 1 saturated heterocycles. The van der Waals surface area contributed by atoms with Gasteiger partial charge in [-0.1, -0.05) is 17.3 Å². The summed E-state index contributed by atoms with van der Waals surface area (Å²) >= 11 is 1.05. The van der Waals surface area contributed by atoms with Crippen LogP contribution in [0.15, 0.2) is 34.8 Å². The van der Waals surface area contributed by atoms with E-state index in [4.69, 9.17) is 31.0 Å². The van der Waals surface area contributed by atoms with Crippen LogP contribution in [0.2, 0.25) is 0 Å². The van der Waals surface area contributed by atoms with Gasteiger partial charge in [0.2, 0.25) is 0 Å². The fourth-order valence-electron chi connectivity index (χ4n) is 2.97. The Morgan fingerprint density at radius 3 is 2.74 bits per heavy atom. The number of β-lactam (4-membered cyclic amide) rings is 1. The number of nitrogens with one attached hydrogen (secondary N) is 2. The summed E-state index contributed by atoms with van der Waals surface area (Å²) in [5.41, 5.74) is 11.3. The third-order valence-corrected chi connectivity index (χ3v) is 6.28. The topological polar surface area (TPSA) is 223 Å². The highest BCUT2D eigenvalue weighted by Crippen LogP contribution is 2.23. The number of benzene rings is 1. The van der Waals surface area contributed by atoms with Gasteiger partial charge in [-0.15, -0.1) is 11.3 Å². The Kier molecular flexibility index (Phi) is 7.33. The third kappa shape index (κ3) is 5.59. The number of nitrogens with two attached hydrogens (primary N) is 2. The second kappa shape index (κ2) is 10.0. The van der Waals surface area contributed by atoms with Crippen molar-refractivity contribution >= 4 is 50.1 Å². The molecule has 2 heterocycles. The number of ether oxygens (including phenoxy) is 1. The summed E-state index contributed by atoms with van der Waals surface area (Å²) in [7, 11) is -4.74. The van der Waals surface area contributed by atoms with E-state index in [0.717, 1.165) is 11.3 Å². The minimum atomic E-state index is -4.74. The maximum atomic E-state index is 12.7. The molecule has 14 nitrogen and oxygen atoms in total. The lowest BCUT2D eigenvalue weighted by Gasteiger charge is -2.42. The molecule has 1 aromatic heterocycles. The molecule has 3 rings (SSSR count). The van der Waals surface area contributed by atoms with Crippen LogP contribution in [0.1, 0.15) is 18.2 Å². The Morgan fingerprint density at radius 1 is 1.41 bits per heavy atom. The number of carbonyl (C=O) groups excluding carboxylic acids is 2. The smallest absolute Gasteiger partial charge is 0.362 e. The summed E-state index contributed by atoms with van der Waals surface area (Å²) in [6.45, 7) is 1.31. The van der Waals surface area contributed by atoms with Gasteiger partial charge in [-0.3, -0.25) is 19.6 Å². The number of amidine groups is 1. The molecule has 1 fully saturated rings. The van der Waals surface area contributed by atoms with Crippen LogP contribution in [0.3, 0.4) is 0 Å². The molecular weight excluding hydrogens is 490 g/mol. The number of anilines is 1. The van der Waals surface area contributed by atoms with Crippen LogP contribution in [0.25, 0.3) is 0 Å². The summed E-state index contributed by atoms with van der Waals surface area (Å²) in [5.74, 6) is -1.52. The Bertz CT molecular complexity index is 1240. The normalized spacial score (nSPS) is 18.2. The largest absolute Gasteiger partial charge is 0.490 e. The zero-order valence-electron chi connectivity index (χ0n) is 17.7. The van der Waals surface area contributed by atoms with Crippen molar-refractivity contribution in [3.63, 3.8) is 0 Å². The molecule has 0 radical (unpaired) electrons. The van der Waals surface area contributed by atoms with Crippen molar-refractivity contribution in [2.75, 3.05) is 18.9 Å². The van der Waals surface area contributed by atoms with Gasteiger partial charge in [0.1, 0.15) is 29.9 Å². The highest BCUT2D eigenvalue weighted by molar-refractivity contribution is 7.84. The van der Waals surface area contributed by atoms with Gasteiger partial charge in [0.05, 0.1) is 6.04 Å². The van der Waals surface area contributed by atoms with E-state index in [0.29, 0.717) is 11.3 Å². The van der Waals surface area contributed by atoms with Crippen molar-refractivity contribution in [2.45, 2.75) is 19.0 Å². The molecule has 1 aliphatic heterocycles. The standard InChI is InChI=1S/C18H21N7O7S2/c1-9-13(17(27)25(9)34(28,29)30)23-16(26)14(12-8-33-18(21)22-12)24-32-6-5-31-11-4-2-3-10(7-11)15(19)20/h2-4,7-9,13H,5-6H2,1H3,(H3,19,20)(H2,21,22)(H,23,26)(H,28,29,30)/t9-,13-/m0/s1. The molecule has 1 aromatic carbocycles. The van der Waals surface area contributed by atoms with Gasteiger partial charge in [-0.05, 0) is 19.1 Å². The number of carbonyl (C=O) groups is 2. The molecule has 0 saturated carbocycles. The maximum Gasteiger partial charge on any atom is 0.362 e. The second-order valence-electron chi connectivity index (χ2n) is 6.94. The average Bonchev–Trinajstić information content (AvgIpc) is 3.19. The lowest BCUT2D eigenvalue weighted by Crippen LogP contribution is -2.71. The van der Waals surface area contributed by atoms with Crippen molar-refractivity contribution in [1.82, 2.24) is 14.6 Å². The van der Waals surface area contributed by atoms with Crippen LogP contribution in [0, 0.1) is 5.41 Å². The number of rotatable bonds is 10. The van der Waals surface area contributed by atoms with Crippen molar-refractivity contribution in [3.05, 3.63) is 40.9 Å². The maximum absolute atomic E-state index is 12.7. The predicted octanol–water partition coefficient (Wildman–Crippen LogP) is -0.673. The van der Waals surface area contributed by atoms with Gasteiger partial charge in [0, 0.05) is 10.9 Å². The molecule has 0 unspecified atom stereocenters. The van der Waals surface area contributed by atoms with Crippen LogP contribution < -0.4 is 21.5 Å². The zero-order valence-corrected chi connectivity index (χ0v) is 19.3. The van der Waals surface area contributed by atoms with E-state index >= 15 is 0 Å². The summed E-state index contributed by atoms with van der Waals surface area (Å²) in [6, 6.07) is 4.37. The lowest BCUT2D eigenvalue weighted by atomic mass is 10.0. The number of oxime groups is 1. The van der Waals surface area contributed by atoms with E-state index in [1.807, 2.05) is 0 Å². The first-order valence-corrected chi connectivity index (χ1v) is 11.9. The number of thiazole rings is 1. The quantitative estimate of drug-likeness (QED) is 0.0675. The number of nitrogens with zero attached hydrogens (tertiary/aromatic N) is 3. The minimum absolute atomic E-state index is 0.0421. The number of nitrogen functional groups attached to an aromatic ring is 2. The Morgan fingerprint density at radius 2 is 2.15 bits per heavy atom. The molecule has 2 aromatic rings. The molecular formula is C18H21N7O7S2. The van der Waals surface area contributed by atoms with Crippen LogP contribution >= 0.6 is 11.3 Å². The number of amides is 2. The minimum Gasteiger partial charge on any atom is -0.490 e. The molecule has 16 heteroatoms. The molecule has 0 bridgehead atoms. The van der Waals surface area contributed by atoms with E-state index in [1.165, 1.54) is 12.3 Å². The molecule has 182 valence electrons. The van der Waals surface area contributed by atoms with Crippen LogP contribution in [0.4, 0.5) is 5.13 Å². The summed E-state index contributed by atoms with van der Waals surface area (Å²) < 4.78 is 37.3. The number of aromatic nitrogens is 1.